The lowest BCUT2D eigenvalue weighted by molar-refractivity contribution is 0.0601. The third-order valence-electron chi connectivity index (χ3n) is 5.50. The molecule has 1 heterocycles. The summed E-state index contributed by atoms with van der Waals surface area (Å²) in [5.74, 6) is 0.251. The van der Waals surface area contributed by atoms with Crippen LogP contribution in [-0.2, 0) is 21.4 Å². The van der Waals surface area contributed by atoms with Crippen molar-refractivity contribution in [3.63, 3.8) is 0 Å². The molecule has 3 aromatic carbocycles. The van der Waals surface area contributed by atoms with Crippen LogP contribution < -0.4 is 14.4 Å². The predicted molar refractivity (Wildman–Crippen MR) is 131 cm³/mol. The highest BCUT2D eigenvalue weighted by Gasteiger charge is 2.32. The Morgan fingerprint density at radius 1 is 1.09 bits per heavy atom. The van der Waals surface area contributed by atoms with E-state index in [-0.39, 0.29) is 12.7 Å². The first-order chi connectivity index (χ1) is 16.3. The van der Waals surface area contributed by atoms with Gasteiger partial charge in [-0.25, -0.2) is 13.2 Å². The molecule has 0 atom stereocenters. The minimum absolute atomic E-state index is 0.0162. The van der Waals surface area contributed by atoms with Crippen LogP contribution in [-0.4, -0.2) is 52.1 Å². The third kappa shape index (κ3) is 5.32. The number of hydrogen-bond donors (Lipinski definition) is 2. The fourth-order valence-electron chi connectivity index (χ4n) is 3.91. The number of ether oxygens (including phenoxy) is 2. The average molecular weight is 483 g/mol. The largest absolute Gasteiger partial charge is 0.487 e. The summed E-state index contributed by atoms with van der Waals surface area (Å²) in [6.07, 6.45) is 1.05. The quantitative estimate of drug-likeness (QED) is 0.475. The molecule has 0 amide bonds. The maximum atomic E-state index is 12.6. The van der Waals surface area contributed by atoms with Gasteiger partial charge in [-0.15, -0.1) is 0 Å². The number of aliphatic hydroxyl groups is 1. The monoisotopic (exact) mass is 482 g/mol. The van der Waals surface area contributed by atoms with Gasteiger partial charge in [0.2, 0.25) is 10.0 Å². The Kier molecular flexibility index (Phi) is 6.76. The summed E-state index contributed by atoms with van der Waals surface area (Å²) in [4.78, 5) is 14.7. The Bertz CT molecular complexity index is 1290. The highest BCUT2D eigenvalue weighted by atomic mass is 32.2. The first-order valence-corrected chi connectivity index (χ1v) is 12.6. The minimum atomic E-state index is -3.45. The van der Waals surface area contributed by atoms with E-state index >= 15 is 0 Å². The van der Waals surface area contributed by atoms with Gasteiger partial charge in [-0.05, 0) is 47.5 Å². The number of carbonyl (C=O) groups excluding carboxylic acids is 1. The summed E-state index contributed by atoms with van der Waals surface area (Å²) in [5.41, 5.74) is 3.79. The number of methoxy groups -OCH3 is 1. The molecule has 0 aromatic heterocycles. The molecule has 4 rings (SSSR count). The molecule has 1 fully saturated rings. The zero-order valence-electron chi connectivity index (χ0n) is 18.9. The molecule has 1 aliphatic heterocycles. The lowest BCUT2D eigenvalue weighted by Gasteiger charge is -2.42. The van der Waals surface area contributed by atoms with Crippen LogP contribution in [0.15, 0.2) is 66.7 Å². The van der Waals surface area contributed by atoms with Crippen molar-refractivity contribution in [3.05, 3.63) is 77.9 Å². The van der Waals surface area contributed by atoms with Crippen LogP contribution in [0.25, 0.3) is 11.1 Å². The zero-order valence-corrected chi connectivity index (χ0v) is 19.7. The van der Waals surface area contributed by atoms with Gasteiger partial charge >= 0.3 is 5.97 Å². The second kappa shape index (κ2) is 9.74. The van der Waals surface area contributed by atoms with E-state index in [0.29, 0.717) is 35.5 Å². The van der Waals surface area contributed by atoms with E-state index in [2.05, 4.69) is 9.62 Å². The van der Waals surface area contributed by atoms with E-state index in [4.69, 9.17) is 9.47 Å². The Hall–Kier alpha value is -3.56. The number of carbonyl (C=O) groups is 1. The van der Waals surface area contributed by atoms with Gasteiger partial charge in [-0.1, -0.05) is 30.3 Å². The topological polar surface area (TPSA) is 105 Å². The van der Waals surface area contributed by atoms with Gasteiger partial charge in [-0.3, -0.25) is 4.72 Å². The standard InChI is InChI=1S/C25H26N2O6S/c1-32-25(29)22-7-4-8-23(24(22)18-5-3-6-19(13-18)26-34(2,30)31)27-14-21(15-27)33-20-11-9-17(16-28)10-12-20/h3-13,21,26,28H,14-16H2,1-2H3. The van der Waals surface area contributed by atoms with Gasteiger partial charge in [0.05, 0.1) is 38.6 Å². The number of esters is 1. The molecule has 9 heteroatoms. The number of sulfonamides is 1. The molecule has 8 nitrogen and oxygen atoms in total. The second-order valence-electron chi connectivity index (χ2n) is 8.09. The summed E-state index contributed by atoms with van der Waals surface area (Å²) < 4.78 is 36.9. The molecule has 0 bridgehead atoms. The maximum Gasteiger partial charge on any atom is 0.338 e. The van der Waals surface area contributed by atoms with Gasteiger partial charge in [-0.2, -0.15) is 0 Å². The molecule has 178 valence electrons. The molecular weight excluding hydrogens is 456 g/mol. The molecule has 0 aliphatic carbocycles. The van der Waals surface area contributed by atoms with Crippen molar-refractivity contribution in [2.24, 2.45) is 0 Å². The number of hydrogen-bond acceptors (Lipinski definition) is 7. The molecule has 0 spiro atoms. The van der Waals surface area contributed by atoms with Crippen molar-refractivity contribution in [1.82, 2.24) is 0 Å². The van der Waals surface area contributed by atoms with E-state index in [0.717, 1.165) is 23.3 Å². The summed E-state index contributed by atoms with van der Waals surface area (Å²) in [5, 5.41) is 9.19. The van der Waals surface area contributed by atoms with Crippen molar-refractivity contribution >= 4 is 27.4 Å². The van der Waals surface area contributed by atoms with Gasteiger partial charge in [0.25, 0.3) is 0 Å². The Morgan fingerprint density at radius 3 is 2.44 bits per heavy atom. The Morgan fingerprint density at radius 2 is 1.79 bits per heavy atom. The molecule has 0 radical (unpaired) electrons. The molecule has 1 aliphatic rings. The van der Waals surface area contributed by atoms with Crippen LogP contribution >= 0.6 is 0 Å². The van der Waals surface area contributed by atoms with Gasteiger partial charge < -0.3 is 19.5 Å². The third-order valence-corrected chi connectivity index (χ3v) is 6.11. The van der Waals surface area contributed by atoms with Crippen LogP contribution in [0.5, 0.6) is 5.75 Å². The van der Waals surface area contributed by atoms with Crippen LogP contribution in [0, 0.1) is 0 Å². The van der Waals surface area contributed by atoms with Crippen LogP contribution in [0.1, 0.15) is 15.9 Å². The Labute approximate surface area is 198 Å². The summed E-state index contributed by atoms with van der Waals surface area (Å²) in [7, 11) is -2.12. The number of nitrogens with one attached hydrogen (secondary N) is 1. The van der Waals surface area contributed by atoms with Crippen molar-refractivity contribution < 1.29 is 27.8 Å². The lowest BCUT2D eigenvalue weighted by atomic mass is 9.95. The van der Waals surface area contributed by atoms with E-state index in [9.17, 15) is 18.3 Å². The van der Waals surface area contributed by atoms with E-state index in [1.165, 1.54) is 7.11 Å². The van der Waals surface area contributed by atoms with Crippen LogP contribution in [0.2, 0.25) is 0 Å². The molecule has 3 aromatic rings. The van der Waals surface area contributed by atoms with Crippen molar-refractivity contribution in [2.45, 2.75) is 12.7 Å². The molecule has 2 N–H and O–H groups in total. The fraction of sp³-hybridized carbons (Fsp3) is 0.240. The highest BCUT2D eigenvalue weighted by Crippen LogP contribution is 2.38. The average Bonchev–Trinajstić information content (AvgIpc) is 2.79. The molecule has 34 heavy (non-hydrogen) atoms. The summed E-state index contributed by atoms with van der Waals surface area (Å²) in [6, 6.07) is 19.6. The highest BCUT2D eigenvalue weighted by molar-refractivity contribution is 7.92. The second-order valence-corrected chi connectivity index (χ2v) is 9.84. The molecular formula is C25H26N2O6S. The minimum Gasteiger partial charge on any atom is -0.487 e. The molecule has 0 saturated carbocycles. The maximum absolute atomic E-state index is 12.6. The van der Waals surface area contributed by atoms with Crippen molar-refractivity contribution in [3.8, 4) is 16.9 Å². The number of benzene rings is 3. The fourth-order valence-corrected chi connectivity index (χ4v) is 4.47. The SMILES string of the molecule is COC(=O)c1cccc(N2CC(Oc3ccc(CO)cc3)C2)c1-c1cccc(NS(C)(=O)=O)c1. The number of anilines is 2. The summed E-state index contributed by atoms with van der Waals surface area (Å²) >= 11 is 0. The zero-order chi connectivity index (χ0) is 24.3. The van der Waals surface area contributed by atoms with E-state index in [1.807, 2.05) is 36.4 Å². The number of rotatable bonds is 8. The van der Waals surface area contributed by atoms with Gasteiger partial charge in [0.15, 0.2) is 0 Å². The van der Waals surface area contributed by atoms with E-state index < -0.39 is 16.0 Å². The number of nitrogens with zero attached hydrogens (tertiary/aromatic N) is 1. The first kappa shape index (κ1) is 23.6. The summed E-state index contributed by atoms with van der Waals surface area (Å²) in [6.45, 7) is 1.21. The van der Waals surface area contributed by atoms with Crippen LogP contribution in [0.3, 0.4) is 0 Å². The molecule has 0 unspecified atom stereocenters. The van der Waals surface area contributed by atoms with Gasteiger partial charge in [0.1, 0.15) is 11.9 Å². The van der Waals surface area contributed by atoms with Crippen molar-refractivity contribution in [2.75, 3.05) is 36.1 Å². The van der Waals surface area contributed by atoms with Gasteiger partial charge in [0, 0.05) is 16.9 Å². The van der Waals surface area contributed by atoms with Crippen molar-refractivity contribution in [1.29, 1.82) is 0 Å². The van der Waals surface area contributed by atoms with E-state index in [1.54, 1.807) is 30.3 Å². The Balaban J connectivity index is 1.61. The first-order valence-electron chi connectivity index (χ1n) is 10.7. The molecule has 1 saturated heterocycles. The normalized spacial score (nSPS) is 13.8. The lowest BCUT2D eigenvalue weighted by Crippen LogP contribution is -2.54. The van der Waals surface area contributed by atoms with Crippen LogP contribution in [0.4, 0.5) is 11.4 Å². The number of aliphatic hydroxyl groups excluding tert-OH is 1. The smallest absolute Gasteiger partial charge is 0.338 e. The predicted octanol–water partition coefficient (Wildman–Crippen LogP) is 3.27.